The molecule has 1 aromatic rings. The molecule has 0 aliphatic carbocycles. The van der Waals surface area contributed by atoms with E-state index in [9.17, 15) is 4.79 Å². The van der Waals surface area contributed by atoms with Crippen LogP contribution in [-0.2, 0) is 5.41 Å². The van der Waals surface area contributed by atoms with Crippen LogP contribution in [0.4, 0.5) is 10.5 Å². The standard InChI is InChI=1S/C12H16N2O2/c1-12(2,3)9-5-7-10(8-6-9)14(13-4)11(15)16/h5-8H,4H2,1-3H3,(H,15,16). The molecule has 4 heteroatoms. The molecule has 1 amide bonds. The molecule has 0 bridgehead atoms. The third kappa shape index (κ3) is 2.59. The zero-order valence-corrected chi connectivity index (χ0v) is 9.77. The van der Waals surface area contributed by atoms with E-state index in [0.29, 0.717) is 5.69 Å². The minimum Gasteiger partial charge on any atom is -0.463 e. The fraction of sp³-hybridized carbons (Fsp3) is 0.333. The molecule has 0 heterocycles. The molecule has 0 unspecified atom stereocenters. The van der Waals surface area contributed by atoms with Gasteiger partial charge in [-0.15, -0.1) is 0 Å². The maximum Gasteiger partial charge on any atom is 0.432 e. The molecule has 0 aliphatic rings. The number of carboxylic acid groups (broad SMARTS) is 1. The van der Waals surface area contributed by atoms with Gasteiger partial charge in [0, 0.05) is 6.72 Å². The fourth-order valence-corrected chi connectivity index (χ4v) is 1.36. The third-order valence-corrected chi connectivity index (χ3v) is 2.30. The van der Waals surface area contributed by atoms with Crippen molar-refractivity contribution in [1.82, 2.24) is 0 Å². The third-order valence-electron chi connectivity index (χ3n) is 2.30. The lowest BCUT2D eigenvalue weighted by Gasteiger charge is -2.20. The van der Waals surface area contributed by atoms with Crippen LogP contribution in [-0.4, -0.2) is 17.9 Å². The molecule has 0 atom stereocenters. The summed E-state index contributed by atoms with van der Waals surface area (Å²) in [5, 5.41) is 13.1. The second-order valence-electron chi connectivity index (χ2n) is 4.53. The second-order valence-corrected chi connectivity index (χ2v) is 4.53. The van der Waals surface area contributed by atoms with Crippen LogP contribution in [0, 0.1) is 0 Å². The van der Waals surface area contributed by atoms with E-state index in [4.69, 9.17) is 5.11 Å². The van der Waals surface area contributed by atoms with Crippen LogP contribution in [0.1, 0.15) is 26.3 Å². The Kier molecular flexibility index (Phi) is 3.32. The SMILES string of the molecule is C=NN(C(=O)O)c1ccc(C(C)(C)C)cc1. The molecule has 0 aliphatic heterocycles. The lowest BCUT2D eigenvalue weighted by Crippen LogP contribution is -2.22. The van der Waals surface area contributed by atoms with Gasteiger partial charge in [0.1, 0.15) is 0 Å². The normalized spacial score (nSPS) is 10.9. The van der Waals surface area contributed by atoms with Crippen molar-refractivity contribution >= 4 is 18.5 Å². The highest BCUT2D eigenvalue weighted by atomic mass is 16.4. The van der Waals surface area contributed by atoms with Crippen LogP contribution >= 0.6 is 0 Å². The monoisotopic (exact) mass is 220 g/mol. The summed E-state index contributed by atoms with van der Waals surface area (Å²) >= 11 is 0. The summed E-state index contributed by atoms with van der Waals surface area (Å²) in [6.07, 6.45) is -1.14. The van der Waals surface area contributed by atoms with Gasteiger partial charge in [-0.05, 0) is 23.1 Å². The van der Waals surface area contributed by atoms with E-state index in [1.165, 1.54) is 0 Å². The Morgan fingerprint density at radius 3 is 2.12 bits per heavy atom. The van der Waals surface area contributed by atoms with Gasteiger partial charge >= 0.3 is 6.09 Å². The maximum absolute atomic E-state index is 10.8. The zero-order chi connectivity index (χ0) is 12.3. The predicted octanol–water partition coefficient (Wildman–Crippen LogP) is 3.08. The van der Waals surface area contributed by atoms with Crippen LogP contribution < -0.4 is 5.01 Å². The average molecular weight is 220 g/mol. The molecular weight excluding hydrogens is 204 g/mol. The Morgan fingerprint density at radius 1 is 1.31 bits per heavy atom. The van der Waals surface area contributed by atoms with Crippen molar-refractivity contribution < 1.29 is 9.90 Å². The highest BCUT2D eigenvalue weighted by Gasteiger charge is 2.16. The largest absolute Gasteiger partial charge is 0.463 e. The lowest BCUT2D eigenvalue weighted by molar-refractivity contribution is 0.202. The smallest absolute Gasteiger partial charge is 0.432 e. The first-order chi connectivity index (χ1) is 7.36. The molecule has 0 saturated carbocycles. The predicted molar refractivity (Wildman–Crippen MR) is 65.2 cm³/mol. The molecule has 0 spiro atoms. The minimum absolute atomic E-state index is 0.0498. The van der Waals surface area contributed by atoms with E-state index >= 15 is 0 Å². The van der Waals surface area contributed by atoms with Crippen LogP contribution in [0.2, 0.25) is 0 Å². The number of hydrogen-bond acceptors (Lipinski definition) is 2. The van der Waals surface area contributed by atoms with Crippen LogP contribution in [0.5, 0.6) is 0 Å². The van der Waals surface area contributed by atoms with Crippen molar-refractivity contribution in [1.29, 1.82) is 0 Å². The topological polar surface area (TPSA) is 52.9 Å². The Hall–Kier alpha value is -1.84. The summed E-state index contributed by atoms with van der Waals surface area (Å²) < 4.78 is 0. The van der Waals surface area contributed by atoms with Gasteiger partial charge in [0.2, 0.25) is 0 Å². The number of hydrazone groups is 1. The van der Waals surface area contributed by atoms with E-state index in [1.807, 2.05) is 12.1 Å². The maximum atomic E-state index is 10.8. The highest BCUT2D eigenvalue weighted by Crippen LogP contribution is 2.24. The minimum atomic E-state index is -1.14. The van der Waals surface area contributed by atoms with Gasteiger partial charge in [-0.1, -0.05) is 32.9 Å². The number of carbonyl (C=O) groups is 1. The summed E-state index contributed by atoms with van der Waals surface area (Å²) in [6.45, 7) is 9.52. The lowest BCUT2D eigenvalue weighted by atomic mass is 9.87. The van der Waals surface area contributed by atoms with E-state index in [0.717, 1.165) is 10.6 Å². The molecular formula is C12H16N2O2. The number of nitrogens with zero attached hydrogens (tertiary/aromatic N) is 2. The van der Waals surface area contributed by atoms with Crippen LogP contribution in [0.3, 0.4) is 0 Å². The molecule has 1 rings (SSSR count). The molecule has 0 radical (unpaired) electrons. The first-order valence-corrected chi connectivity index (χ1v) is 4.96. The molecule has 0 fully saturated rings. The zero-order valence-electron chi connectivity index (χ0n) is 9.77. The number of rotatable bonds is 2. The summed E-state index contributed by atoms with van der Waals surface area (Å²) in [5.74, 6) is 0. The molecule has 1 N–H and O–H groups in total. The summed E-state index contributed by atoms with van der Waals surface area (Å²) in [6, 6.07) is 7.25. The quantitative estimate of drug-likeness (QED) is 0.615. The van der Waals surface area contributed by atoms with E-state index < -0.39 is 6.09 Å². The van der Waals surface area contributed by atoms with Gasteiger partial charge in [-0.2, -0.15) is 10.1 Å². The first kappa shape index (κ1) is 12.2. The van der Waals surface area contributed by atoms with Gasteiger partial charge in [0.25, 0.3) is 0 Å². The van der Waals surface area contributed by atoms with Gasteiger partial charge in [-0.25, -0.2) is 4.79 Å². The molecule has 4 nitrogen and oxygen atoms in total. The van der Waals surface area contributed by atoms with Crippen molar-refractivity contribution in [2.24, 2.45) is 5.10 Å². The van der Waals surface area contributed by atoms with Crippen LogP contribution in [0.25, 0.3) is 0 Å². The summed E-state index contributed by atoms with van der Waals surface area (Å²) in [5.41, 5.74) is 1.69. The Labute approximate surface area is 95.2 Å². The Balaban J connectivity index is 3.03. The fourth-order valence-electron chi connectivity index (χ4n) is 1.36. The molecule has 1 aromatic carbocycles. The number of amides is 1. The van der Waals surface area contributed by atoms with Crippen molar-refractivity contribution in [3.05, 3.63) is 29.8 Å². The molecule has 16 heavy (non-hydrogen) atoms. The molecule has 0 saturated heterocycles. The van der Waals surface area contributed by atoms with E-state index in [-0.39, 0.29) is 5.41 Å². The average Bonchev–Trinajstić information content (AvgIpc) is 2.17. The first-order valence-electron chi connectivity index (χ1n) is 4.96. The van der Waals surface area contributed by atoms with Crippen molar-refractivity contribution in [3.8, 4) is 0 Å². The van der Waals surface area contributed by atoms with Gasteiger partial charge < -0.3 is 5.11 Å². The van der Waals surface area contributed by atoms with Gasteiger partial charge in [0.15, 0.2) is 0 Å². The highest BCUT2D eigenvalue weighted by molar-refractivity contribution is 5.85. The molecule has 0 aromatic heterocycles. The number of benzene rings is 1. The summed E-state index contributed by atoms with van der Waals surface area (Å²) in [4.78, 5) is 10.8. The van der Waals surface area contributed by atoms with Gasteiger partial charge in [0.05, 0.1) is 5.69 Å². The van der Waals surface area contributed by atoms with Gasteiger partial charge in [-0.3, -0.25) is 0 Å². The summed E-state index contributed by atoms with van der Waals surface area (Å²) in [7, 11) is 0. The number of hydrogen-bond donors (Lipinski definition) is 1. The van der Waals surface area contributed by atoms with E-state index in [1.54, 1.807) is 12.1 Å². The Morgan fingerprint density at radius 2 is 1.81 bits per heavy atom. The Bertz CT molecular complexity index is 390. The molecule has 86 valence electrons. The number of anilines is 1. The second kappa shape index (κ2) is 4.35. The van der Waals surface area contributed by atoms with Crippen molar-refractivity contribution in [2.45, 2.75) is 26.2 Å². The van der Waals surface area contributed by atoms with E-state index in [2.05, 4.69) is 32.6 Å². The van der Waals surface area contributed by atoms with Crippen LogP contribution in [0.15, 0.2) is 29.4 Å². The van der Waals surface area contributed by atoms with Crippen molar-refractivity contribution in [2.75, 3.05) is 5.01 Å². The van der Waals surface area contributed by atoms with Crippen molar-refractivity contribution in [3.63, 3.8) is 0 Å².